The van der Waals surface area contributed by atoms with Crippen LogP contribution in [0.15, 0.2) is 0 Å². The highest BCUT2D eigenvalue weighted by Gasteiger charge is 2.42. The van der Waals surface area contributed by atoms with E-state index in [2.05, 4.69) is 6.92 Å². The third-order valence-corrected chi connectivity index (χ3v) is 5.66. The lowest BCUT2D eigenvalue weighted by atomic mass is 9.75. The molecular weight excluding hydrogens is 236 g/mol. The smallest absolute Gasteiger partial charge is 0.211 e. The fourth-order valence-electron chi connectivity index (χ4n) is 3.10. The van der Waals surface area contributed by atoms with Gasteiger partial charge in [-0.15, -0.1) is 0 Å². The molecule has 102 valence electrons. The van der Waals surface area contributed by atoms with E-state index in [-0.39, 0.29) is 5.54 Å². The van der Waals surface area contributed by atoms with Gasteiger partial charge in [0.2, 0.25) is 10.0 Å². The van der Waals surface area contributed by atoms with Crippen LogP contribution >= 0.6 is 0 Å². The van der Waals surface area contributed by atoms with Crippen LogP contribution in [0.3, 0.4) is 0 Å². The first kappa shape index (κ1) is 14.9. The highest BCUT2D eigenvalue weighted by molar-refractivity contribution is 7.88. The first-order valence-electron chi connectivity index (χ1n) is 6.57. The molecule has 1 aliphatic carbocycles. The Hall–Kier alpha value is -0.130. The van der Waals surface area contributed by atoms with E-state index < -0.39 is 10.0 Å². The van der Waals surface area contributed by atoms with Crippen LogP contribution in [0.2, 0.25) is 0 Å². The Labute approximate surface area is 106 Å². The predicted molar refractivity (Wildman–Crippen MR) is 71.3 cm³/mol. The molecule has 0 saturated heterocycles. The first-order chi connectivity index (χ1) is 7.89. The number of sulfonamides is 1. The molecule has 0 unspecified atom stereocenters. The van der Waals surface area contributed by atoms with Crippen LogP contribution in [0.4, 0.5) is 0 Å². The fourth-order valence-corrected chi connectivity index (χ4v) is 4.53. The predicted octanol–water partition coefficient (Wildman–Crippen LogP) is 1.57. The molecule has 0 atom stereocenters. The summed E-state index contributed by atoms with van der Waals surface area (Å²) < 4.78 is 25.3. The van der Waals surface area contributed by atoms with Gasteiger partial charge in [0.25, 0.3) is 0 Å². The van der Waals surface area contributed by atoms with Gasteiger partial charge >= 0.3 is 0 Å². The van der Waals surface area contributed by atoms with Crippen molar-refractivity contribution in [2.75, 3.05) is 19.3 Å². The molecule has 0 aromatic rings. The van der Waals surface area contributed by atoms with Gasteiger partial charge in [0, 0.05) is 18.6 Å². The Kier molecular flexibility index (Phi) is 4.98. The second-order valence-corrected chi connectivity index (χ2v) is 7.11. The third-order valence-electron chi connectivity index (χ3n) is 4.21. The number of hydrogen-bond acceptors (Lipinski definition) is 3. The minimum Gasteiger partial charge on any atom is -0.329 e. The lowest BCUT2D eigenvalue weighted by molar-refractivity contribution is 0.115. The molecule has 5 heteroatoms. The van der Waals surface area contributed by atoms with Gasteiger partial charge in [0.1, 0.15) is 0 Å². The molecule has 0 heterocycles. The van der Waals surface area contributed by atoms with Gasteiger partial charge in [-0.3, -0.25) is 0 Å². The summed E-state index contributed by atoms with van der Waals surface area (Å²) in [5.41, 5.74) is 5.57. The zero-order valence-corrected chi connectivity index (χ0v) is 12.1. The molecule has 1 saturated carbocycles. The maximum atomic E-state index is 11.8. The molecule has 0 bridgehead atoms. The lowest BCUT2D eigenvalue weighted by Crippen LogP contribution is -2.57. The van der Waals surface area contributed by atoms with Gasteiger partial charge in [0.05, 0.1) is 6.26 Å². The molecule has 0 radical (unpaired) electrons. The first-order valence-corrected chi connectivity index (χ1v) is 8.42. The molecule has 4 nitrogen and oxygen atoms in total. The monoisotopic (exact) mass is 262 g/mol. The second kappa shape index (κ2) is 5.67. The summed E-state index contributed by atoms with van der Waals surface area (Å²) in [6.45, 7) is 5.05. The Bertz CT molecular complexity index is 332. The van der Waals surface area contributed by atoms with Crippen molar-refractivity contribution in [2.45, 2.75) is 51.5 Å². The van der Waals surface area contributed by atoms with Gasteiger partial charge in [0.15, 0.2) is 0 Å². The highest BCUT2D eigenvalue weighted by Crippen LogP contribution is 2.38. The molecule has 2 N–H and O–H groups in total. The maximum absolute atomic E-state index is 11.8. The summed E-state index contributed by atoms with van der Waals surface area (Å²) in [6, 6.07) is 0. The second-order valence-electron chi connectivity index (χ2n) is 5.21. The average molecular weight is 262 g/mol. The molecule has 1 fully saturated rings. The van der Waals surface area contributed by atoms with Crippen molar-refractivity contribution < 1.29 is 8.42 Å². The fraction of sp³-hybridized carbons (Fsp3) is 1.00. The van der Waals surface area contributed by atoms with Gasteiger partial charge in [-0.05, 0) is 31.6 Å². The largest absolute Gasteiger partial charge is 0.329 e. The van der Waals surface area contributed by atoms with Gasteiger partial charge < -0.3 is 5.73 Å². The summed E-state index contributed by atoms with van der Waals surface area (Å²) in [6.07, 6.45) is 6.48. The molecule has 1 aliphatic rings. The van der Waals surface area contributed by atoms with E-state index in [4.69, 9.17) is 5.73 Å². The topological polar surface area (TPSA) is 63.4 Å². The SMILES string of the molecule is CCC1CCC(CN)(N(CC)S(C)(=O)=O)CC1. The third kappa shape index (κ3) is 3.20. The van der Waals surface area contributed by atoms with Gasteiger partial charge in [-0.1, -0.05) is 20.3 Å². The van der Waals surface area contributed by atoms with E-state index in [1.54, 1.807) is 4.31 Å². The number of hydrogen-bond donors (Lipinski definition) is 1. The van der Waals surface area contributed by atoms with Gasteiger partial charge in [-0.25, -0.2) is 8.42 Å². The molecule has 0 aromatic carbocycles. The standard InChI is InChI=1S/C12H26N2O2S/c1-4-11-6-8-12(10-13,9-7-11)14(5-2)17(3,15)16/h11H,4-10,13H2,1-3H3. The Morgan fingerprint density at radius 3 is 2.12 bits per heavy atom. The molecule has 17 heavy (non-hydrogen) atoms. The average Bonchev–Trinajstić information content (AvgIpc) is 2.29. The summed E-state index contributed by atoms with van der Waals surface area (Å²) >= 11 is 0. The van der Waals surface area contributed by atoms with Crippen molar-refractivity contribution in [1.82, 2.24) is 4.31 Å². The Morgan fingerprint density at radius 2 is 1.82 bits per heavy atom. The number of nitrogens with zero attached hydrogens (tertiary/aromatic N) is 1. The Morgan fingerprint density at radius 1 is 1.29 bits per heavy atom. The van der Waals surface area contributed by atoms with Crippen LogP contribution in [0.25, 0.3) is 0 Å². The zero-order valence-electron chi connectivity index (χ0n) is 11.3. The van der Waals surface area contributed by atoms with Crippen LogP contribution in [0.5, 0.6) is 0 Å². The molecular formula is C12H26N2O2S. The lowest BCUT2D eigenvalue weighted by Gasteiger charge is -2.45. The van der Waals surface area contributed by atoms with E-state index in [0.717, 1.165) is 31.6 Å². The number of nitrogens with two attached hydrogens (primary N) is 1. The minimum absolute atomic E-state index is 0.325. The van der Waals surface area contributed by atoms with E-state index in [1.807, 2.05) is 6.92 Å². The molecule has 0 amide bonds. The van der Waals surface area contributed by atoms with Crippen molar-refractivity contribution in [2.24, 2.45) is 11.7 Å². The van der Waals surface area contributed by atoms with Crippen LogP contribution in [0, 0.1) is 5.92 Å². The van der Waals surface area contributed by atoms with Crippen molar-refractivity contribution in [3.63, 3.8) is 0 Å². The molecule has 0 spiro atoms. The van der Waals surface area contributed by atoms with Crippen LogP contribution in [-0.4, -0.2) is 37.6 Å². The van der Waals surface area contributed by atoms with E-state index in [9.17, 15) is 8.42 Å². The molecule has 0 aliphatic heterocycles. The van der Waals surface area contributed by atoms with Crippen molar-refractivity contribution >= 4 is 10.0 Å². The zero-order chi connectivity index (χ0) is 13.1. The van der Waals surface area contributed by atoms with Crippen molar-refractivity contribution in [3.8, 4) is 0 Å². The normalized spacial score (nSPS) is 30.8. The number of rotatable bonds is 5. The van der Waals surface area contributed by atoms with E-state index >= 15 is 0 Å². The van der Waals surface area contributed by atoms with Gasteiger partial charge in [-0.2, -0.15) is 4.31 Å². The summed E-state index contributed by atoms with van der Waals surface area (Å²) in [5, 5.41) is 0. The summed E-state index contributed by atoms with van der Waals surface area (Å²) in [5.74, 6) is 0.743. The van der Waals surface area contributed by atoms with E-state index in [1.165, 1.54) is 12.7 Å². The van der Waals surface area contributed by atoms with Crippen molar-refractivity contribution in [1.29, 1.82) is 0 Å². The van der Waals surface area contributed by atoms with Crippen molar-refractivity contribution in [3.05, 3.63) is 0 Å². The molecule has 0 aromatic heterocycles. The van der Waals surface area contributed by atoms with Crippen LogP contribution < -0.4 is 5.73 Å². The molecule has 1 rings (SSSR count). The van der Waals surface area contributed by atoms with Crippen LogP contribution in [-0.2, 0) is 10.0 Å². The summed E-state index contributed by atoms with van der Waals surface area (Å²) in [4.78, 5) is 0. The minimum atomic E-state index is -3.16. The highest BCUT2D eigenvalue weighted by atomic mass is 32.2. The van der Waals surface area contributed by atoms with E-state index in [0.29, 0.717) is 13.1 Å². The maximum Gasteiger partial charge on any atom is 0.211 e. The summed E-state index contributed by atoms with van der Waals surface area (Å²) in [7, 11) is -3.16. The van der Waals surface area contributed by atoms with Crippen LogP contribution in [0.1, 0.15) is 46.0 Å². The number of likely N-dealkylation sites (N-methyl/N-ethyl adjacent to an activating group) is 1. The quantitative estimate of drug-likeness (QED) is 0.818. The Balaban J connectivity index is 2.89.